The standard InChI is InChI=1S/C31H29ClN4OS/c1-3-19-36(20-4-2)28-21-27(32)33-31(34-28)38-22-23-15-17-26(18-16-23)30(37)35-29(24-11-7-5-8-12-24)25-13-9-6-10-14-25/h3-18,21,29H,1-2,19-20,22H2,(H,35,37). The summed E-state index contributed by atoms with van der Waals surface area (Å²) in [5.41, 5.74) is 3.70. The van der Waals surface area contributed by atoms with Crippen LogP contribution < -0.4 is 10.2 Å². The second-order valence-electron chi connectivity index (χ2n) is 8.53. The monoisotopic (exact) mass is 540 g/mol. The third-order valence-corrected chi connectivity index (χ3v) is 6.92. The Morgan fingerprint density at radius 2 is 1.47 bits per heavy atom. The van der Waals surface area contributed by atoms with Crippen LogP contribution in [0, 0.1) is 0 Å². The zero-order valence-electron chi connectivity index (χ0n) is 21.0. The van der Waals surface area contributed by atoms with E-state index in [9.17, 15) is 4.79 Å². The van der Waals surface area contributed by atoms with Crippen molar-refractivity contribution in [3.63, 3.8) is 0 Å². The van der Waals surface area contributed by atoms with Crippen LogP contribution >= 0.6 is 23.4 Å². The minimum atomic E-state index is -0.240. The maximum absolute atomic E-state index is 13.2. The lowest BCUT2D eigenvalue weighted by Gasteiger charge is -2.20. The maximum atomic E-state index is 13.2. The van der Waals surface area contributed by atoms with Gasteiger partial charge in [-0.15, -0.1) is 13.2 Å². The molecule has 0 radical (unpaired) electrons. The third-order valence-electron chi connectivity index (χ3n) is 5.81. The van der Waals surface area contributed by atoms with E-state index in [1.165, 1.54) is 11.8 Å². The summed E-state index contributed by atoms with van der Waals surface area (Å²) in [6, 6.07) is 29.0. The molecule has 0 fully saturated rings. The lowest BCUT2D eigenvalue weighted by atomic mass is 9.98. The van der Waals surface area contributed by atoms with Gasteiger partial charge in [-0.3, -0.25) is 4.79 Å². The van der Waals surface area contributed by atoms with Gasteiger partial charge < -0.3 is 10.2 Å². The number of nitrogens with one attached hydrogen (secondary N) is 1. The number of amides is 1. The van der Waals surface area contributed by atoms with Crippen LogP contribution in [-0.2, 0) is 5.75 Å². The molecule has 3 aromatic carbocycles. The molecule has 192 valence electrons. The maximum Gasteiger partial charge on any atom is 0.252 e. The molecule has 1 amide bonds. The first kappa shape index (κ1) is 27.2. The number of hydrogen-bond donors (Lipinski definition) is 1. The minimum Gasteiger partial charge on any atom is -0.349 e. The predicted octanol–water partition coefficient (Wildman–Crippen LogP) is 7.12. The Bertz CT molecular complexity index is 1310. The topological polar surface area (TPSA) is 58.1 Å². The summed E-state index contributed by atoms with van der Waals surface area (Å²) in [6.45, 7) is 8.87. The summed E-state index contributed by atoms with van der Waals surface area (Å²) in [4.78, 5) is 24.2. The number of hydrogen-bond acceptors (Lipinski definition) is 5. The second-order valence-corrected chi connectivity index (χ2v) is 9.86. The van der Waals surface area contributed by atoms with Gasteiger partial charge in [0.05, 0.1) is 6.04 Å². The Balaban J connectivity index is 1.43. The summed E-state index contributed by atoms with van der Waals surface area (Å²) >= 11 is 7.76. The first-order chi connectivity index (χ1) is 18.6. The highest BCUT2D eigenvalue weighted by Gasteiger charge is 2.18. The van der Waals surface area contributed by atoms with Crippen molar-refractivity contribution < 1.29 is 4.79 Å². The molecule has 0 aliphatic rings. The van der Waals surface area contributed by atoms with Crippen molar-refractivity contribution >= 4 is 35.1 Å². The van der Waals surface area contributed by atoms with Gasteiger partial charge in [-0.05, 0) is 28.8 Å². The molecule has 0 bridgehead atoms. The Hall–Kier alpha value is -3.87. The van der Waals surface area contributed by atoms with E-state index in [0.29, 0.717) is 34.7 Å². The van der Waals surface area contributed by atoms with E-state index < -0.39 is 0 Å². The van der Waals surface area contributed by atoms with Gasteiger partial charge in [0.15, 0.2) is 5.16 Å². The molecule has 5 nitrogen and oxygen atoms in total. The lowest BCUT2D eigenvalue weighted by molar-refractivity contribution is 0.0943. The van der Waals surface area contributed by atoms with Crippen LogP contribution in [-0.4, -0.2) is 29.0 Å². The molecule has 0 aliphatic heterocycles. The molecule has 4 aromatic rings. The molecule has 7 heteroatoms. The average Bonchev–Trinajstić information content (AvgIpc) is 2.95. The Morgan fingerprint density at radius 3 is 2.03 bits per heavy atom. The van der Waals surface area contributed by atoms with Crippen LogP contribution in [0.1, 0.15) is 33.1 Å². The summed E-state index contributed by atoms with van der Waals surface area (Å²) in [6.07, 6.45) is 3.62. The molecule has 1 N–H and O–H groups in total. The van der Waals surface area contributed by atoms with Crippen molar-refractivity contribution in [2.45, 2.75) is 17.0 Å². The number of nitrogens with zero attached hydrogens (tertiary/aromatic N) is 3. The van der Waals surface area contributed by atoms with Crippen LogP contribution in [0.15, 0.2) is 121 Å². The molecular weight excluding hydrogens is 512 g/mol. The first-order valence-electron chi connectivity index (χ1n) is 12.2. The smallest absolute Gasteiger partial charge is 0.252 e. The summed E-state index contributed by atoms with van der Waals surface area (Å²) in [5, 5.41) is 4.16. The van der Waals surface area contributed by atoms with Crippen LogP contribution in [0.2, 0.25) is 5.15 Å². The van der Waals surface area contributed by atoms with Crippen LogP contribution in [0.5, 0.6) is 0 Å². The van der Waals surface area contributed by atoms with Crippen molar-refractivity contribution in [1.82, 2.24) is 15.3 Å². The van der Waals surface area contributed by atoms with Crippen LogP contribution in [0.3, 0.4) is 0 Å². The average molecular weight is 541 g/mol. The Kier molecular flexibility index (Phi) is 9.73. The van der Waals surface area contributed by atoms with Gasteiger partial charge in [0.1, 0.15) is 11.0 Å². The van der Waals surface area contributed by atoms with Crippen molar-refractivity contribution in [3.8, 4) is 0 Å². The fraction of sp³-hybridized carbons (Fsp3) is 0.129. The van der Waals surface area contributed by atoms with Crippen molar-refractivity contribution in [2.24, 2.45) is 0 Å². The number of benzene rings is 3. The fourth-order valence-electron chi connectivity index (χ4n) is 3.95. The van der Waals surface area contributed by atoms with E-state index in [0.717, 1.165) is 22.5 Å². The minimum absolute atomic E-state index is 0.130. The molecule has 0 saturated heterocycles. The zero-order valence-corrected chi connectivity index (χ0v) is 22.5. The SMILES string of the molecule is C=CCN(CC=C)c1cc(Cl)nc(SCc2ccc(C(=O)NC(c3ccccc3)c3ccccc3)cc2)n1. The highest BCUT2D eigenvalue weighted by molar-refractivity contribution is 7.98. The molecule has 0 saturated carbocycles. The molecule has 1 aromatic heterocycles. The van der Waals surface area contributed by atoms with E-state index in [4.69, 9.17) is 11.6 Å². The number of thioether (sulfide) groups is 1. The molecule has 0 aliphatic carbocycles. The molecular formula is C31H29ClN4OS. The number of aromatic nitrogens is 2. The molecule has 38 heavy (non-hydrogen) atoms. The van der Waals surface area contributed by atoms with Gasteiger partial charge in [0.2, 0.25) is 0 Å². The summed E-state index contributed by atoms with van der Waals surface area (Å²) in [5.74, 6) is 1.24. The molecule has 4 rings (SSSR count). The second kappa shape index (κ2) is 13.6. The van der Waals surface area contributed by atoms with Gasteiger partial charge >= 0.3 is 0 Å². The lowest BCUT2D eigenvalue weighted by Crippen LogP contribution is -2.29. The fourth-order valence-corrected chi connectivity index (χ4v) is 4.99. The Labute approximate surface area is 233 Å². The molecule has 0 atom stereocenters. The number of carbonyl (C=O) groups excluding carboxylic acids is 1. The van der Waals surface area contributed by atoms with Gasteiger partial charge in [0.25, 0.3) is 5.91 Å². The van der Waals surface area contributed by atoms with Gasteiger partial charge in [-0.2, -0.15) is 0 Å². The van der Waals surface area contributed by atoms with E-state index >= 15 is 0 Å². The highest BCUT2D eigenvalue weighted by Crippen LogP contribution is 2.26. The van der Waals surface area contributed by atoms with Crippen molar-refractivity contribution in [1.29, 1.82) is 0 Å². The summed E-state index contributed by atoms with van der Waals surface area (Å²) in [7, 11) is 0. The normalized spacial score (nSPS) is 10.7. The number of anilines is 1. The summed E-state index contributed by atoms with van der Waals surface area (Å²) < 4.78 is 0. The van der Waals surface area contributed by atoms with Crippen molar-refractivity contribution in [2.75, 3.05) is 18.0 Å². The molecule has 0 spiro atoms. The van der Waals surface area contributed by atoms with Crippen molar-refractivity contribution in [3.05, 3.63) is 144 Å². The van der Waals surface area contributed by atoms with Gasteiger partial charge in [-0.1, -0.05) is 108 Å². The number of halogens is 1. The predicted molar refractivity (Wildman–Crippen MR) is 158 cm³/mol. The Morgan fingerprint density at radius 1 is 0.895 bits per heavy atom. The van der Waals surface area contributed by atoms with Gasteiger partial charge in [-0.25, -0.2) is 9.97 Å². The largest absolute Gasteiger partial charge is 0.349 e. The molecule has 0 unspecified atom stereocenters. The first-order valence-corrected chi connectivity index (χ1v) is 13.6. The quantitative estimate of drug-likeness (QED) is 0.0897. The third kappa shape index (κ3) is 7.34. The van der Waals surface area contributed by atoms with Crippen LogP contribution in [0.25, 0.3) is 0 Å². The van der Waals surface area contributed by atoms with E-state index in [-0.39, 0.29) is 11.9 Å². The zero-order chi connectivity index (χ0) is 26.7. The van der Waals surface area contributed by atoms with E-state index in [1.807, 2.05) is 102 Å². The van der Waals surface area contributed by atoms with Gasteiger partial charge in [0, 0.05) is 30.5 Å². The number of rotatable bonds is 12. The molecule has 1 heterocycles. The van der Waals surface area contributed by atoms with E-state index in [1.54, 1.807) is 6.07 Å². The van der Waals surface area contributed by atoms with Crippen LogP contribution in [0.4, 0.5) is 5.82 Å². The van der Waals surface area contributed by atoms with E-state index in [2.05, 4.69) is 28.4 Å². The highest BCUT2D eigenvalue weighted by atomic mass is 35.5. The number of carbonyl (C=O) groups is 1.